The average molecular weight is 207 g/mol. The van der Waals surface area contributed by atoms with Crippen LogP contribution in [0.3, 0.4) is 0 Å². The highest BCUT2D eigenvalue weighted by Crippen LogP contribution is 2.29. The Labute approximate surface area is 79.7 Å². The lowest BCUT2D eigenvalue weighted by atomic mass is 10.2. The molecule has 0 aliphatic heterocycles. The van der Waals surface area contributed by atoms with Crippen LogP contribution in [-0.2, 0) is 12.7 Å². The highest BCUT2D eigenvalue weighted by molar-refractivity contribution is 5.18. The maximum atomic E-state index is 12.3. The lowest BCUT2D eigenvalue weighted by Crippen LogP contribution is -2.23. The summed E-state index contributed by atoms with van der Waals surface area (Å²) in [5.74, 6) is 0. The second-order valence-electron chi connectivity index (χ2n) is 3.30. The van der Waals surface area contributed by atoms with E-state index in [9.17, 15) is 13.2 Å². The van der Waals surface area contributed by atoms with E-state index in [4.69, 9.17) is 0 Å². The minimum Gasteiger partial charge on any atom is -0.310 e. The molecule has 0 atom stereocenters. The van der Waals surface area contributed by atoms with Crippen molar-refractivity contribution in [2.24, 2.45) is 0 Å². The Hall–Kier alpha value is -1.04. The number of hydrogen-bond acceptors (Lipinski definition) is 2. The Bertz CT molecular complexity index is 290. The molecule has 0 aliphatic carbocycles. The Kier molecular flexibility index (Phi) is 3.15. The van der Waals surface area contributed by atoms with E-state index < -0.39 is 11.9 Å². The van der Waals surface area contributed by atoms with Crippen molar-refractivity contribution in [3.05, 3.63) is 17.5 Å². The van der Waals surface area contributed by atoms with Crippen molar-refractivity contribution in [2.45, 2.75) is 32.6 Å². The maximum Gasteiger partial charge on any atom is 0.433 e. The molecule has 80 valence electrons. The van der Waals surface area contributed by atoms with Gasteiger partial charge in [0.25, 0.3) is 0 Å². The van der Waals surface area contributed by atoms with Gasteiger partial charge in [-0.15, -0.1) is 0 Å². The van der Waals surface area contributed by atoms with Gasteiger partial charge >= 0.3 is 6.18 Å². The Morgan fingerprint density at radius 3 is 2.64 bits per heavy atom. The van der Waals surface area contributed by atoms with Crippen LogP contribution in [0.25, 0.3) is 0 Å². The molecular formula is C8H12F3N3. The summed E-state index contributed by atoms with van der Waals surface area (Å²) < 4.78 is 36.9. The Morgan fingerprint density at radius 2 is 2.14 bits per heavy atom. The minimum absolute atomic E-state index is 0.144. The molecule has 0 amide bonds. The van der Waals surface area contributed by atoms with Gasteiger partial charge in [0.05, 0.1) is 6.20 Å². The van der Waals surface area contributed by atoms with Crippen molar-refractivity contribution in [1.29, 1.82) is 0 Å². The molecule has 0 radical (unpaired) electrons. The van der Waals surface area contributed by atoms with Crippen LogP contribution in [0, 0.1) is 0 Å². The summed E-state index contributed by atoms with van der Waals surface area (Å²) in [6, 6.07) is 0.144. The molecule has 1 heterocycles. The molecule has 1 aromatic rings. The summed E-state index contributed by atoms with van der Waals surface area (Å²) in [5, 5.41) is 8.24. The van der Waals surface area contributed by atoms with Crippen molar-refractivity contribution >= 4 is 0 Å². The highest BCUT2D eigenvalue weighted by atomic mass is 19.4. The molecule has 3 nitrogen and oxygen atoms in total. The second-order valence-corrected chi connectivity index (χ2v) is 3.30. The molecule has 0 saturated heterocycles. The van der Waals surface area contributed by atoms with E-state index in [1.165, 1.54) is 6.20 Å². The zero-order chi connectivity index (χ0) is 10.8. The number of H-pyrrole nitrogens is 1. The van der Waals surface area contributed by atoms with Crippen LogP contribution < -0.4 is 5.32 Å². The summed E-state index contributed by atoms with van der Waals surface area (Å²) in [6.07, 6.45) is -3.16. The van der Waals surface area contributed by atoms with Gasteiger partial charge in [-0.2, -0.15) is 18.3 Å². The number of aromatic nitrogens is 2. The number of nitrogens with zero attached hydrogens (tertiary/aromatic N) is 1. The first-order chi connectivity index (χ1) is 6.41. The molecule has 0 saturated carbocycles. The summed E-state index contributed by atoms with van der Waals surface area (Å²) in [7, 11) is 0. The molecular weight excluding hydrogens is 195 g/mol. The van der Waals surface area contributed by atoms with Gasteiger partial charge in [0.2, 0.25) is 0 Å². The van der Waals surface area contributed by atoms with Crippen LogP contribution >= 0.6 is 0 Å². The molecule has 0 aromatic carbocycles. The Balaban J connectivity index is 2.73. The monoisotopic (exact) mass is 207 g/mol. The minimum atomic E-state index is -4.36. The van der Waals surface area contributed by atoms with E-state index in [0.717, 1.165) is 0 Å². The summed E-state index contributed by atoms with van der Waals surface area (Å²) in [6.45, 7) is 3.91. The number of rotatable bonds is 3. The third kappa shape index (κ3) is 2.73. The summed E-state index contributed by atoms with van der Waals surface area (Å²) in [5.41, 5.74) is -0.628. The average Bonchev–Trinajstić information content (AvgIpc) is 2.46. The molecule has 1 rings (SSSR count). The first-order valence-corrected chi connectivity index (χ1v) is 4.24. The van der Waals surface area contributed by atoms with Crippen molar-refractivity contribution in [2.75, 3.05) is 0 Å². The van der Waals surface area contributed by atoms with E-state index in [2.05, 4.69) is 10.4 Å². The second kappa shape index (κ2) is 4.00. The standard InChI is InChI=1S/C8H12F3N3/c1-5(2)12-3-6-4-13-14-7(6)8(9,10)11/h4-5,12H,3H2,1-2H3,(H,13,14). The lowest BCUT2D eigenvalue weighted by molar-refractivity contribution is -0.141. The predicted molar refractivity (Wildman–Crippen MR) is 45.6 cm³/mol. The fraction of sp³-hybridized carbons (Fsp3) is 0.625. The first-order valence-electron chi connectivity index (χ1n) is 4.24. The zero-order valence-electron chi connectivity index (χ0n) is 7.94. The van der Waals surface area contributed by atoms with Crippen LogP contribution in [0.2, 0.25) is 0 Å². The van der Waals surface area contributed by atoms with Gasteiger partial charge in [-0.3, -0.25) is 5.10 Å². The molecule has 0 spiro atoms. The largest absolute Gasteiger partial charge is 0.433 e. The van der Waals surface area contributed by atoms with Gasteiger partial charge in [-0.25, -0.2) is 0 Å². The molecule has 0 fully saturated rings. The van der Waals surface area contributed by atoms with Crippen molar-refractivity contribution in [3.63, 3.8) is 0 Å². The van der Waals surface area contributed by atoms with Gasteiger partial charge in [-0.1, -0.05) is 13.8 Å². The van der Waals surface area contributed by atoms with Crippen molar-refractivity contribution in [3.8, 4) is 0 Å². The summed E-state index contributed by atoms with van der Waals surface area (Å²) in [4.78, 5) is 0. The van der Waals surface area contributed by atoms with Crippen LogP contribution in [0.4, 0.5) is 13.2 Å². The van der Waals surface area contributed by atoms with Gasteiger partial charge in [-0.05, 0) is 0 Å². The quantitative estimate of drug-likeness (QED) is 0.795. The van der Waals surface area contributed by atoms with Crippen LogP contribution in [0.1, 0.15) is 25.1 Å². The van der Waals surface area contributed by atoms with Crippen LogP contribution in [-0.4, -0.2) is 16.2 Å². The zero-order valence-corrected chi connectivity index (χ0v) is 7.94. The first kappa shape index (κ1) is 11.0. The number of halogens is 3. The molecule has 2 N–H and O–H groups in total. The number of nitrogens with one attached hydrogen (secondary N) is 2. The fourth-order valence-corrected chi connectivity index (χ4v) is 1.00. The number of aromatic amines is 1. The van der Waals surface area contributed by atoms with Crippen LogP contribution in [0.15, 0.2) is 6.20 Å². The molecule has 0 unspecified atom stereocenters. The number of alkyl halides is 3. The molecule has 1 aromatic heterocycles. The van der Waals surface area contributed by atoms with Gasteiger partial charge in [0.15, 0.2) is 0 Å². The van der Waals surface area contributed by atoms with Gasteiger partial charge in [0, 0.05) is 18.2 Å². The number of hydrogen-bond donors (Lipinski definition) is 2. The summed E-state index contributed by atoms with van der Waals surface area (Å²) >= 11 is 0. The molecule has 6 heteroatoms. The normalized spacial score (nSPS) is 12.4. The smallest absolute Gasteiger partial charge is 0.310 e. The highest BCUT2D eigenvalue weighted by Gasteiger charge is 2.35. The maximum absolute atomic E-state index is 12.3. The Morgan fingerprint density at radius 1 is 1.50 bits per heavy atom. The topological polar surface area (TPSA) is 40.7 Å². The third-order valence-corrected chi connectivity index (χ3v) is 1.70. The van der Waals surface area contributed by atoms with E-state index in [1.807, 2.05) is 18.9 Å². The lowest BCUT2D eigenvalue weighted by Gasteiger charge is -2.09. The van der Waals surface area contributed by atoms with Gasteiger partial charge < -0.3 is 5.32 Å². The van der Waals surface area contributed by atoms with Gasteiger partial charge in [0.1, 0.15) is 5.69 Å². The van der Waals surface area contributed by atoms with E-state index in [1.54, 1.807) is 0 Å². The molecule has 0 bridgehead atoms. The van der Waals surface area contributed by atoms with Crippen molar-refractivity contribution in [1.82, 2.24) is 15.5 Å². The molecule has 14 heavy (non-hydrogen) atoms. The third-order valence-electron chi connectivity index (χ3n) is 1.70. The van der Waals surface area contributed by atoms with E-state index in [0.29, 0.717) is 0 Å². The molecule has 0 aliphatic rings. The fourth-order valence-electron chi connectivity index (χ4n) is 1.00. The predicted octanol–water partition coefficient (Wildman–Crippen LogP) is 1.93. The van der Waals surface area contributed by atoms with E-state index in [-0.39, 0.29) is 18.2 Å². The van der Waals surface area contributed by atoms with Crippen molar-refractivity contribution < 1.29 is 13.2 Å². The van der Waals surface area contributed by atoms with Crippen LogP contribution in [0.5, 0.6) is 0 Å². The SMILES string of the molecule is CC(C)NCc1cn[nH]c1C(F)(F)F. The van der Waals surface area contributed by atoms with E-state index >= 15 is 0 Å².